The third-order valence-corrected chi connectivity index (χ3v) is 6.33. The van der Waals surface area contributed by atoms with Gasteiger partial charge in [-0.1, -0.05) is 38.5 Å². The predicted octanol–water partition coefficient (Wildman–Crippen LogP) is 4.08. The molecule has 166 valence electrons. The van der Waals surface area contributed by atoms with Crippen LogP contribution in [0.1, 0.15) is 51.0 Å². The van der Waals surface area contributed by atoms with E-state index in [-0.39, 0.29) is 17.4 Å². The van der Waals surface area contributed by atoms with Crippen LogP contribution in [0, 0.1) is 0 Å². The van der Waals surface area contributed by atoms with Crippen molar-refractivity contribution in [1.29, 1.82) is 0 Å². The van der Waals surface area contributed by atoms with E-state index >= 15 is 0 Å². The Balaban J connectivity index is 1.61. The number of nitrogens with zero attached hydrogens (tertiary/aromatic N) is 1. The van der Waals surface area contributed by atoms with E-state index in [2.05, 4.69) is 28.9 Å². The number of benzene rings is 2. The van der Waals surface area contributed by atoms with Gasteiger partial charge >= 0.3 is 0 Å². The summed E-state index contributed by atoms with van der Waals surface area (Å²) < 4.78 is 33.6. The van der Waals surface area contributed by atoms with E-state index in [0.717, 1.165) is 24.8 Å². The molecular formula is C23H29N3O4S. The molecule has 0 saturated heterocycles. The molecule has 0 atom stereocenters. The fourth-order valence-electron chi connectivity index (χ4n) is 3.22. The average molecular weight is 444 g/mol. The van der Waals surface area contributed by atoms with Crippen LogP contribution in [-0.4, -0.2) is 33.3 Å². The summed E-state index contributed by atoms with van der Waals surface area (Å²) in [5.41, 5.74) is 1.51. The van der Waals surface area contributed by atoms with Gasteiger partial charge in [0.2, 0.25) is 0 Å². The van der Waals surface area contributed by atoms with E-state index in [9.17, 15) is 13.2 Å². The van der Waals surface area contributed by atoms with E-state index in [4.69, 9.17) is 4.74 Å². The highest BCUT2D eigenvalue weighted by atomic mass is 32.2. The molecule has 0 radical (unpaired) electrons. The predicted molar refractivity (Wildman–Crippen MR) is 122 cm³/mol. The fraction of sp³-hybridized carbons (Fsp3) is 0.391. The van der Waals surface area contributed by atoms with Crippen LogP contribution < -0.4 is 14.8 Å². The quantitative estimate of drug-likeness (QED) is 0.674. The number of anilines is 1. The summed E-state index contributed by atoms with van der Waals surface area (Å²) in [4.78, 5) is 16.7. The van der Waals surface area contributed by atoms with Crippen LogP contribution in [0.15, 0.2) is 58.4 Å². The smallest absolute Gasteiger partial charge is 0.262 e. The number of amidine groups is 1. The van der Waals surface area contributed by atoms with E-state index < -0.39 is 10.0 Å². The Labute approximate surface area is 184 Å². The highest BCUT2D eigenvalue weighted by Crippen LogP contribution is 2.20. The Morgan fingerprint density at radius 2 is 1.90 bits per heavy atom. The zero-order chi connectivity index (χ0) is 22.3. The number of carbonyl (C=O) groups excluding carboxylic acids is 1. The second-order valence-corrected chi connectivity index (χ2v) is 9.52. The summed E-state index contributed by atoms with van der Waals surface area (Å²) in [7, 11) is -3.77. The first-order valence-corrected chi connectivity index (χ1v) is 12.0. The molecule has 0 unspecified atom stereocenters. The van der Waals surface area contributed by atoms with Gasteiger partial charge in [0.05, 0.1) is 4.90 Å². The highest BCUT2D eigenvalue weighted by molar-refractivity contribution is 7.90. The van der Waals surface area contributed by atoms with Gasteiger partial charge in [-0.15, -0.1) is 0 Å². The first-order chi connectivity index (χ1) is 14.8. The van der Waals surface area contributed by atoms with Crippen LogP contribution in [0.3, 0.4) is 0 Å². The molecule has 0 aliphatic carbocycles. The van der Waals surface area contributed by atoms with Gasteiger partial charge in [-0.25, -0.2) is 8.42 Å². The minimum Gasteiger partial charge on any atom is -0.484 e. The number of ether oxygens (including phenoxy) is 1. The summed E-state index contributed by atoms with van der Waals surface area (Å²) in [6.45, 7) is 4.63. The van der Waals surface area contributed by atoms with Crippen LogP contribution in [0.4, 0.5) is 5.69 Å². The molecular weight excluding hydrogens is 414 g/mol. The van der Waals surface area contributed by atoms with Gasteiger partial charge < -0.3 is 10.1 Å². The average Bonchev–Trinajstić information content (AvgIpc) is 3.01. The minimum absolute atomic E-state index is 0.0720. The second kappa shape index (κ2) is 10.4. The van der Waals surface area contributed by atoms with Gasteiger partial charge in [0.25, 0.3) is 15.9 Å². The molecule has 3 rings (SSSR count). The molecule has 0 saturated carbocycles. The lowest BCUT2D eigenvalue weighted by Crippen LogP contribution is -2.30. The second-order valence-electron chi connectivity index (χ2n) is 7.84. The summed E-state index contributed by atoms with van der Waals surface area (Å²) in [5, 5.41) is 2.69. The first-order valence-electron chi connectivity index (χ1n) is 10.5. The maximum Gasteiger partial charge on any atom is 0.262 e. The zero-order valence-electron chi connectivity index (χ0n) is 17.9. The van der Waals surface area contributed by atoms with Crippen LogP contribution in [0.25, 0.3) is 0 Å². The maximum absolute atomic E-state index is 12.7. The van der Waals surface area contributed by atoms with Gasteiger partial charge in [0.1, 0.15) is 11.6 Å². The molecule has 8 heteroatoms. The molecule has 1 aliphatic heterocycles. The van der Waals surface area contributed by atoms with Crippen LogP contribution >= 0.6 is 0 Å². The number of amides is 1. The molecule has 2 aromatic carbocycles. The molecule has 31 heavy (non-hydrogen) atoms. The molecule has 0 spiro atoms. The number of hydrogen-bond acceptors (Lipinski definition) is 5. The molecule has 1 aliphatic rings. The standard InChI is InChI=1S/C23H29N3O4S/c1-17(2)18-8-6-10-20(14-18)30-16-23(27)25-19-9-7-11-21(15-19)31(28,29)26-22-12-4-3-5-13-24-22/h6-11,14-15,17H,3-5,12-13,16H2,1-2H3,(H,24,26)(H,25,27). The number of nitrogens with one attached hydrogen (secondary N) is 2. The SMILES string of the molecule is CC(C)c1cccc(OCC(=O)Nc2cccc(S(=O)(=O)NC3=NCCCCC3)c2)c1. The molecule has 2 aromatic rings. The number of aliphatic imine (C=N–C) groups is 1. The van der Waals surface area contributed by atoms with Crippen molar-refractivity contribution in [3.63, 3.8) is 0 Å². The lowest BCUT2D eigenvalue weighted by atomic mass is 10.0. The molecule has 0 bridgehead atoms. The van der Waals surface area contributed by atoms with Crippen molar-refractivity contribution in [3.8, 4) is 5.75 Å². The van der Waals surface area contributed by atoms with Crippen molar-refractivity contribution in [1.82, 2.24) is 4.72 Å². The Kier molecular flexibility index (Phi) is 7.68. The summed E-state index contributed by atoms with van der Waals surface area (Å²) in [5.74, 6) is 1.10. The Bertz CT molecular complexity index is 1050. The lowest BCUT2D eigenvalue weighted by Gasteiger charge is -2.12. The Morgan fingerprint density at radius 3 is 2.71 bits per heavy atom. The first kappa shape index (κ1) is 22.8. The van der Waals surface area contributed by atoms with Crippen molar-refractivity contribution >= 4 is 27.5 Å². The molecule has 7 nitrogen and oxygen atoms in total. The van der Waals surface area contributed by atoms with Crippen molar-refractivity contribution in [2.45, 2.75) is 50.3 Å². The van der Waals surface area contributed by atoms with Gasteiger partial charge in [0, 0.05) is 18.7 Å². The van der Waals surface area contributed by atoms with E-state index in [1.807, 2.05) is 18.2 Å². The topological polar surface area (TPSA) is 96.9 Å². The molecule has 0 aromatic heterocycles. The van der Waals surface area contributed by atoms with Crippen molar-refractivity contribution in [2.75, 3.05) is 18.5 Å². The van der Waals surface area contributed by atoms with E-state index in [1.165, 1.54) is 12.1 Å². The third kappa shape index (κ3) is 6.82. The normalized spacial score (nSPS) is 14.5. The minimum atomic E-state index is -3.77. The van der Waals surface area contributed by atoms with Crippen LogP contribution in [0.2, 0.25) is 0 Å². The van der Waals surface area contributed by atoms with Gasteiger partial charge in [-0.3, -0.25) is 14.5 Å². The Morgan fingerprint density at radius 1 is 1.10 bits per heavy atom. The maximum atomic E-state index is 12.7. The summed E-state index contributed by atoms with van der Waals surface area (Å²) in [6, 6.07) is 13.8. The van der Waals surface area contributed by atoms with Crippen LogP contribution in [-0.2, 0) is 14.8 Å². The monoisotopic (exact) mass is 443 g/mol. The number of hydrogen-bond donors (Lipinski definition) is 2. The van der Waals surface area contributed by atoms with Gasteiger partial charge in [0.15, 0.2) is 6.61 Å². The van der Waals surface area contributed by atoms with Crippen molar-refractivity contribution in [3.05, 3.63) is 54.1 Å². The van der Waals surface area contributed by atoms with E-state index in [0.29, 0.717) is 36.2 Å². The lowest BCUT2D eigenvalue weighted by molar-refractivity contribution is -0.118. The number of carbonyl (C=O) groups is 1. The van der Waals surface area contributed by atoms with Crippen LogP contribution in [0.5, 0.6) is 5.75 Å². The van der Waals surface area contributed by atoms with Crippen molar-refractivity contribution in [2.24, 2.45) is 4.99 Å². The zero-order valence-corrected chi connectivity index (χ0v) is 18.7. The van der Waals surface area contributed by atoms with Gasteiger partial charge in [-0.05, 0) is 54.7 Å². The fourth-order valence-corrected chi connectivity index (χ4v) is 4.36. The largest absolute Gasteiger partial charge is 0.484 e. The molecule has 2 N–H and O–H groups in total. The number of sulfonamides is 1. The summed E-state index contributed by atoms with van der Waals surface area (Å²) >= 11 is 0. The van der Waals surface area contributed by atoms with Gasteiger partial charge in [-0.2, -0.15) is 0 Å². The third-order valence-electron chi connectivity index (χ3n) is 4.95. The van der Waals surface area contributed by atoms with Crippen molar-refractivity contribution < 1.29 is 17.9 Å². The molecule has 1 amide bonds. The molecule has 1 heterocycles. The highest BCUT2D eigenvalue weighted by Gasteiger charge is 2.18. The van der Waals surface area contributed by atoms with E-state index in [1.54, 1.807) is 18.2 Å². The molecule has 0 fully saturated rings. The summed E-state index contributed by atoms with van der Waals surface area (Å²) in [6.07, 6.45) is 3.54. The Hall–Kier alpha value is -2.87. The number of rotatable bonds is 7.